The summed E-state index contributed by atoms with van der Waals surface area (Å²) in [6, 6.07) is 18.3. The van der Waals surface area contributed by atoms with Gasteiger partial charge in [-0.15, -0.1) is 10.2 Å². The van der Waals surface area contributed by atoms with Gasteiger partial charge in [-0.3, -0.25) is 4.68 Å². The molecule has 7 nitrogen and oxygen atoms in total. The second kappa shape index (κ2) is 10.3. The fraction of sp³-hybridized carbons (Fsp3) is 0.261. The van der Waals surface area contributed by atoms with Crippen LogP contribution in [0.25, 0.3) is 11.1 Å². The molecule has 0 aliphatic carbocycles. The van der Waals surface area contributed by atoms with Crippen LogP contribution < -0.4 is 4.74 Å². The minimum Gasteiger partial charge on any atom is -0.485 e. The molecule has 160 valence electrons. The van der Waals surface area contributed by atoms with E-state index in [-0.39, 0.29) is 0 Å². The van der Waals surface area contributed by atoms with Crippen molar-refractivity contribution in [2.24, 2.45) is 7.05 Å². The van der Waals surface area contributed by atoms with Gasteiger partial charge in [-0.2, -0.15) is 5.10 Å². The number of methoxy groups -OCH3 is 1. The monoisotopic (exact) mass is 435 g/mol. The number of aromatic nitrogens is 5. The minimum absolute atomic E-state index is 0.327. The molecule has 31 heavy (non-hydrogen) atoms. The molecule has 0 aliphatic rings. The lowest BCUT2D eigenvalue weighted by molar-refractivity contribution is 0.181. The van der Waals surface area contributed by atoms with Gasteiger partial charge >= 0.3 is 0 Å². The smallest absolute Gasteiger partial charge is 0.191 e. The Labute approximate surface area is 186 Å². The van der Waals surface area contributed by atoms with Crippen LogP contribution in [0.5, 0.6) is 5.75 Å². The molecule has 0 N–H and O–H groups in total. The quantitative estimate of drug-likeness (QED) is 0.348. The third-order valence-electron chi connectivity index (χ3n) is 4.77. The fourth-order valence-corrected chi connectivity index (χ4v) is 4.12. The summed E-state index contributed by atoms with van der Waals surface area (Å²) in [5, 5.41) is 13.9. The summed E-state index contributed by atoms with van der Waals surface area (Å²) in [4.78, 5) is 0. The maximum absolute atomic E-state index is 6.19. The highest BCUT2D eigenvalue weighted by molar-refractivity contribution is 7.98. The summed E-state index contributed by atoms with van der Waals surface area (Å²) in [7, 11) is 3.61. The molecule has 4 rings (SSSR count). The number of benzene rings is 2. The van der Waals surface area contributed by atoms with Crippen LogP contribution in [0.3, 0.4) is 0 Å². The molecule has 0 saturated carbocycles. The molecular formula is C23H25N5O2S. The van der Waals surface area contributed by atoms with Crippen LogP contribution in [0.1, 0.15) is 11.4 Å². The lowest BCUT2D eigenvalue weighted by Crippen LogP contribution is -2.12. The normalized spacial score (nSPS) is 11.0. The first-order valence-corrected chi connectivity index (χ1v) is 11.0. The fourth-order valence-electron chi connectivity index (χ4n) is 3.23. The van der Waals surface area contributed by atoms with Gasteiger partial charge in [0.1, 0.15) is 12.4 Å². The van der Waals surface area contributed by atoms with Crippen molar-refractivity contribution in [3.8, 4) is 16.9 Å². The standard InChI is InChI=1S/C23H25N5O2S/c1-27-15-18(14-24-27)17-31-23-26-25-22(28(23)12-13-29-2)16-30-21-11-7-6-10-20(21)19-8-4-3-5-9-19/h3-11,14-15H,12-13,16-17H2,1-2H3. The van der Waals surface area contributed by atoms with Crippen LogP contribution in [0.4, 0.5) is 0 Å². The predicted octanol–water partition coefficient (Wildman–Crippen LogP) is 4.20. The van der Waals surface area contributed by atoms with Crippen LogP contribution in [0, 0.1) is 0 Å². The number of ether oxygens (including phenoxy) is 2. The Balaban J connectivity index is 1.50. The average molecular weight is 436 g/mol. The Morgan fingerprint density at radius 1 is 1.00 bits per heavy atom. The van der Waals surface area contributed by atoms with Crippen molar-refractivity contribution in [2.75, 3.05) is 13.7 Å². The first kappa shape index (κ1) is 21.1. The summed E-state index contributed by atoms with van der Waals surface area (Å²) in [5.41, 5.74) is 3.31. The van der Waals surface area contributed by atoms with Crippen molar-refractivity contribution in [1.29, 1.82) is 0 Å². The van der Waals surface area contributed by atoms with Gasteiger partial charge in [0.2, 0.25) is 0 Å². The Morgan fingerprint density at radius 3 is 2.58 bits per heavy atom. The van der Waals surface area contributed by atoms with Gasteiger partial charge in [-0.1, -0.05) is 60.3 Å². The number of rotatable bonds is 10. The Bertz CT molecular complexity index is 1110. The van der Waals surface area contributed by atoms with E-state index in [1.54, 1.807) is 23.6 Å². The molecule has 0 amide bonds. The molecule has 2 aromatic heterocycles. The second-order valence-electron chi connectivity index (χ2n) is 7.01. The first-order chi connectivity index (χ1) is 15.2. The summed E-state index contributed by atoms with van der Waals surface area (Å²) in [6.45, 7) is 1.57. The first-order valence-electron chi connectivity index (χ1n) is 10.0. The molecule has 0 saturated heterocycles. The maximum atomic E-state index is 6.19. The van der Waals surface area contributed by atoms with Crippen LogP contribution in [0.15, 0.2) is 72.1 Å². The predicted molar refractivity (Wildman–Crippen MR) is 121 cm³/mol. The lowest BCUT2D eigenvalue weighted by Gasteiger charge is -2.13. The summed E-state index contributed by atoms with van der Waals surface area (Å²) in [6.07, 6.45) is 3.88. The van der Waals surface area contributed by atoms with Crippen molar-refractivity contribution in [3.63, 3.8) is 0 Å². The van der Waals surface area contributed by atoms with E-state index in [1.807, 2.05) is 55.8 Å². The van der Waals surface area contributed by atoms with Gasteiger partial charge < -0.3 is 14.0 Å². The highest BCUT2D eigenvalue weighted by atomic mass is 32.2. The summed E-state index contributed by atoms with van der Waals surface area (Å²) >= 11 is 1.63. The van der Waals surface area contributed by atoms with Gasteiger partial charge in [-0.05, 0) is 11.6 Å². The zero-order valence-corrected chi connectivity index (χ0v) is 18.5. The van der Waals surface area contributed by atoms with Crippen LogP contribution in [0.2, 0.25) is 0 Å². The van der Waals surface area contributed by atoms with Gasteiger partial charge in [0, 0.05) is 43.8 Å². The third-order valence-corrected chi connectivity index (χ3v) is 5.81. The topological polar surface area (TPSA) is 67.0 Å². The van der Waals surface area contributed by atoms with Crippen LogP contribution in [-0.2, 0) is 30.7 Å². The number of thioether (sulfide) groups is 1. The molecule has 2 heterocycles. The molecule has 8 heteroatoms. The number of hydrogen-bond acceptors (Lipinski definition) is 6. The largest absolute Gasteiger partial charge is 0.485 e. The van der Waals surface area contributed by atoms with Crippen LogP contribution in [-0.4, -0.2) is 38.3 Å². The molecule has 0 aliphatic heterocycles. The van der Waals surface area contributed by atoms with Gasteiger partial charge in [0.15, 0.2) is 11.0 Å². The average Bonchev–Trinajstić information content (AvgIpc) is 3.40. The van der Waals surface area contributed by atoms with E-state index in [0.29, 0.717) is 19.8 Å². The number of hydrogen-bond donors (Lipinski definition) is 0. The molecule has 4 aromatic rings. The Hall–Kier alpha value is -3.10. The zero-order chi connectivity index (χ0) is 21.5. The number of nitrogens with zero attached hydrogens (tertiary/aromatic N) is 5. The van der Waals surface area contributed by atoms with Crippen LogP contribution >= 0.6 is 11.8 Å². The molecule has 0 spiro atoms. The van der Waals surface area contributed by atoms with E-state index >= 15 is 0 Å². The van der Waals surface area contributed by atoms with E-state index in [0.717, 1.165) is 39.2 Å². The zero-order valence-electron chi connectivity index (χ0n) is 17.6. The Kier molecular flexibility index (Phi) is 7.01. The minimum atomic E-state index is 0.327. The van der Waals surface area contributed by atoms with Crippen molar-refractivity contribution in [1.82, 2.24) is 24.5 Å². The van der Waals surface area contributed by atoms with Crippen molar-refractivity contribution in [3.05, 3.63) is 78.4 Å². The highest BCUT2D eigenvalue weighted by Crippen LogP contribution is 2.30. The van der Waals surface area contributed by atoms with E-state index in [1.165, 1.54) is 0 Å². The van der Waals surface area contributed by atoms with E-state index in [9.17, 15) is 0 Å². The Morgan fingerprint density at radius 2 is 1.81 bits per heavy atom. The molecule has 0 atom stereocenters. The summed E-state index contributed by atoms with van der Waals surface area (Å²) in [5.74, 6) is 2.37. The molecule has 0 radical (unpaired) electrons. The molecular weight excluding hydrogens is 410 g/mol. The third kappa shape index (κ3) is 5.34. The highest BCUT2D eigenvalue weighted by Gasteiger charge is 2.15. The molecule has 0 bridgehead atoms. The van der Waals surface area contributed by atoms with E-state index in [4.69, 9.17) is 9.47 Å². The van der Waals surface area contributed by atoms with Crippen molar-refractivity contribution in [2.45, 2.75) is 24.1 Å². The van der Waals surface area contributed by atoms with Crippen molar-refractivity contribution >= 4 is 11.8 Å². The molecule has 2 aromatic carbocycles. The van der Waals surface area contributed by atoms with E-state index < -0.39 is 0 Å². The number of para-hydroxylation sites is 1. The second-order valence-corrected chi connectivity index (χ2v) is 7.95. The summed E-state index contributed by atoms with van der Waals surface area (Å²) < 4.78 is 15.3. The van der Waals surface area contributed by atoms with Crippen molar-refractivity contribution < 1.29 is 9.47 Å². The lowest BCUT2D eigenvalue weighted by atomic mass is 10.1. The number of aryl methyl sites for hydroxylation is 1. The van der Waals surface area contributed by atoms with E-state index in [2.05, 4.69) is 38.1 Å². The maximum Gasteiger partial charge on any atom is 0.191 e. The van der Waals surface area contributed by atoms with Gasteiger partial charge in [-0.25, -0.2) is 0 Å². The van der Waals surface area contributed by atoms with Gasteiger partial charge in [0.25, 0.3) is 0 Å². The SMILES string of the molecule is COCCn1c(COc2ccccc2-c2ccccc2)nnc1SCc1cnn(C)c1. The molecule has 0 fully saturated rings. The molecule has 0 unspecified atom stereocenters. The van der Waals surface area contributed by atoms with Gasteiger partial charge in [0.05, 0.1) is 12.8 Å².